The minimum absolute atomic E-state index is 0.242. The zero-order valence-corrected chi connectivity index (χ0v) is 16.1. The molecule has 0 aliphatic carbocycles. The fourth-order valence-corrected chi connectivity index (χ4v) is 3.81. The molecule has 0 saturated carbocycles. The molecule has 2 aliphatic heterocycles. The molecule has 0 bridgehead atoms. The van der Waals surface area contributed by atoms with Crippen LogP contribution < -0.4 is 9.47 Å². The number of rotatable bonds is 8. The Bertz CT molecular complexity index is 618. The lowest BCUT2D eigenvalue weighted by Gasteiger charge is -2.27. The number of hydrogen-bond donors (Lipinski definition) is 1. The van der Waals surface area contributed by atoms with E-state index < -0.39 is 5.97 Å². The second-order valence-corrected chi connectivity index (χ2v) is 7.26. The first-order valence-corrected chi connectivity index (χ1v) is 9.72. The summed E-state index contributed by atoms with van der Waals surface area (Å²) < 4.78 is 16.7. The molecule has 150 valence electrons. The number of ether oxygens (including phenoxy) is 3. The third kappa shape index (κ3) is 6.09. The quantitative estimate of drug-likeness (QED) is 0.740. The number of carbonyl (C=O) groups is 1. The van der Waals surface area contributed by atoms with E-state index in [1.807, 2.05) is 18.2 Å². The van der Waals surface area contributed by atoms with Crippen LogP contribution in [0, 0.1) is 0 Å². The average Bonchev–Trinajstić information content (AvgIpc) is 3.06. The number of benzene rings is 1. The van der Waals surface area contributed by atoms with Crippen LogP contribution in [0.4, 0.5) is 0 Å². The fourth-order valence-electron chi connectivity index (χ4n) is 3.81. The molecule has 0 unspecified atom stereocenters. The molecule has 2 saturated heterocycles. The summed E-state index contributed by atoms with van der Waals surface area (Å²) in [5.41, 5.74) is 1.08. The van der Waals surface area contributed by atoms with Crippen molar-refractivity contribution in [3.05, 3.63) is 23.8 Å². The van der Waals surface area contributed by atoms with Gasteiger partial charge >= 0.3 is 5.97 Å². The maximum Gasteiger partial charge on any atom is 0.341 e. The highest BCUT2D eigenvalue weighted by Crippen LogP contribution is 2.29. The van der Waals surface area contributed by atoms with Crippen LogP contribution in [0.15, 0.2) is 18.2 Å². The van der Waals surface area contributed by atoms with E-state index in [1.165, 1.54) is 25.9 Å². The molecule has 1 aromatic carbocycles. The topological polar surface area (TPSA) is 71.5 Å². The summed E-state index contributed by atoms with van der Waals surface area (Å²) >= 11 is 0. The van der Waals surface area contributed by atoms with Gasteiger partial charge in [-0.15, -0.1) is 0 Å². The number of carboxylic acids is 1. The Morgan fingerprint density at radius 2 is 1.96 bits per heavy atom. The largest absolute Gasteiger partial charge is 0.493 e. The van der Waals surface area contributed by atoms with Gasteiger partial charge in [-0.25, -0.2) is 4.79 Å². The molecule has 2 fully saturated rings. The SMILES string of the molecule is COc1ccc(CN2CCCO[C@H](CN3CCCC3)C2)cc1OCC(=O)O. The van der Waals surface area contributed by atoms with Crippen LogP contribution in [0.2, 0.25) is 0 Å². The first-order chi connectivity index (χ1) is 13.1. The molecule has 1 N–H and O–H groups in total. The molecule has 27 heavy (non-hydrogen) atoms. The Morgan fingerprint density at radius 3 is 2.70 bits per heavy atom. The van der Waals surface area contributed by atoms with Gasteiger partial charge in [-0.1, -0.05) is 6.07 Å². The van der Waals surface area contributed by atoms with Gasteiger partial charge in [0.2, 0.25) is 0 Å². The Hall–Kier alpha value is -1.83. The Labute approximate surface area is 160 Å². The Morgan fingerprint density at radius 1 is 1.19 bits per heavy atom. The molecule has 1 atom stereocenters. The van der Waals surface area contributed by atoms with Crippen molar-refractivity contribution in [2.75, 3.05) is 53.0 Å². The second kappa shape index (κ2) is 9.92. The van der Waals surface area contributed by atoms with Crippen LogP contribution >= 0.6 is 0 Å². The highest BCUT2D eigenvalue weighted by Gasteiger charge is 2.23. The monoisotopic (exact) mass is 378 g/mol. The molecule has 1 aromatic rings. The number of hydrogen-bond acceptors (Lipinski definition) is 6. The molecule has 2 aliphatic rings. The molecule has 2 heterocycles. The zero-order chi connectivity index (χ0) is 19.1. The van der Waals surface area contributed by atoms with Gasteiger partial charge in [0, 0.05) is 32.8 Å². The van der Waals surface area contributed by atoms with Crippen LogP contribution in [-0.4, -0.2) is 80.0 Å². The van der Waals surface area contributed by atoms with Crippen molar-refractivity contribution in [3.63, 3.8) is 0 Å². The van der Waals surface area contributed by atoms with Crippen LogP contribution in [0.3, 0.4) is 0 Å². The van der Waals surface area contributed by atoms with Crippen molar-refractivity contribution >= 4 is 5.97 Å². The van der Waals surface area contributed by atoms with Gasteiger partial charge in [0.15, 0.2) is 18.1 Å². The van der Waals surface area contributed by atoms with E-state index in [0.29, 0.717) is 11.5 Å². The van der Waals surface area contributed by atoms with Crippen molar-refractivity contribution in [2.24, 2.45) is 0 Å². The van der Waals surface area contributed by atoms with Gasteiger partial charge < -0.3 is 24.2 Å². The maximum absolute atomic E-state index is 10.8. The summed E-state index contributed by atoms with van der Waals surface area (Å²) in [5.74, 6) is 0.0140. The van der Waals surface area contributed by atoms with Crippen molar-refractivity contribution in [3.8, 4) is 11.5 Å². The zero-order valence-electron chi connectivity index (χ0n) is 16.1. The van der Waals surface area contributed by atoms with Gasteiger partial charge in [0.05, 0.1) is 13.2 Å². The summed E-state index contributed by atoms with van der Waals surface area (Å²) in [6.45, 7) is 6.49. The highest BCUT2D eigenvalue weighted by atomic mass is 16.5. The van der Waals surface area contributed by atoms with E-state index in [2.05, 4.69) is 9.80 Å². The van der Waals surface area contributed by atoms with Crippen LogP contribution in [0.5, 0.6) is 11.5 Å². The summed E-state index contributed by atoms with van der Waals surface area (Å²) in [6.07, 6.45) is 3.85. The van der Waals surface area contributed by atoms with Crippen molar-refractivity contribution < 1.29 is 24.1 Å². The number of methoxy groups -OCH3 is 1. The molecule has 0 aromatic heterocycles. The van der Waals surface area contributed by atoms with Crippen molar-refractivity contribution in [1.29, 1.82) is 0 Å². The summed E-state index contributed by atoms with van der Waals surface area (Å²) in [6, 6.07) is 5.72. The van der Waals surface area contributed by atoms with E-state index in [1.54, 1.807) is 7.11 Å². The van der Waals surface area contributed by atoms with E-state index in [-0.39, 0.29) is 12.7 Å². The first-order valence-electron chi connectivity index (χ1n) is 9.72. The average molecular weight is 378 g/mol. The number of aliphatic carboxylic acids is 1. The molecule has 7 heteroatoms. The van der Waals surface area contributed by atoms with Gasteiger partial charge in [0.25, 0.3) is 0 Å². The molecule has 7 nitrogen and oxygen atoms in total. The summed E-state index contributed by atoms with van der Waals surface area (Å²) in [4.78, 5) is 15.7. The van der Waals surface area contributed by atoms with E-state index in [9.17, 15) is 4.79 Å². The smallest absolute Gasteiger partial charge is 0.341 e. The van der Waals surface area contributed by atoms with Crippen molar-refractivity contribution in [1.82, 2.24) is 9.80 Å². The minimum Gasteiger partial charge on any atom is -0.493 e. The molecule has 0 spiro atoms. The van der Waals surface area contributed by atoms with Gasteiger partial charge in [-0.2, -0.15) is 0 Å². The molecule has 0 amide bonds. The highest BCUT2D eigenvalue weighted by molar-refractivity contribution is 5.68. The van der Waals surface area contributed by atoms with Gasteiger partial charge in [-0.3, -0.25) is 4.90 Å². The van der Waals surface area contributed by atoms with Gasteiger partial charge in [-0.05, 0) is 50.0 Å². The molecular weight excluding hydrogens is 348 g/mol. The second-order valence-electron chi connectivity index (χ2n) is 7.26. The maximum atomic E-state index is 10.8. The Kier molecular flexibility index (Phi) is 7.32. The first kappa shape index (κ1) is 19.9. The molecular formula is C20H30N2O5. The predicted octanol–water partition coefficient (Wildman–Crippen LogP) is 1.85. The molecule has 0 radical (unpaired) electrons. The standard InChI is InChI=1S/C20H30N2O5/c1-25-18-6-5-16(11-19(18)27-15-20(23)24)12-22-9-4-10-26-17(14-22)13-21-7-2-3-8-21/h5-6,11,17H,2-4,7-10,12-15H2,1H3,(H,23,24)/t17-/m1/s1. The normalized spacial score (nSPS) is 21.7. The number of nitrogens with zero attached hydrogens (tertiary/aromatic N) is 2. The lowest BCUT2D eigenvalue weighted by Crippen LogP contribution is -2.39. The fraction of sp³-hybridized carbons (Fsp3) is 0.650. The third-order valence-electron chi connectivity index (χ3n) is 5.08. The lowest BCUT2D eigenvalue weighted by molar-refractivity contribution is -0.139. The number of carboxylic acid groups (broad SMARTS) is 1. The summed E-state index contributed by atoms with van der Waals surface area (Å²) in [5, 5.41) is 8.85. The summed E-state index contributed by atoms with van der Waals surface area (Å²) in [7, 11) is 1.55. The minimum atomic E-state index is -1.00. The van der Waals surface area contributed by atoms with E-state index >= 15 is 0 Å². The lowest BCUT2D eigenvalue weighted by atomic mass is 10.1. The van der Waals surface area contributed by atoms with Crippen LogP contribution in [0.1, 0.15) is 24.8 Å². The van der Waals surface area contributed by atoms with E-state index in [4.69, 9.17) is 19.3 Å². The predicted molar refractivity (Wildman–Crippen MR) is 101 cm³/mol. The van der Waals surface area contributed by atoms with Crippen molar-refractivity contribution in [2.45, 2.75) is 31.9 Å². The third-order valence-corrected chi connectivity index (χ3v) is 5.08. The Balaban J connectivity index is 1.61. The molecule has 3 rings (SSSR count). The van der Waals surface area contributed by atoms with Crippen LogP contribution in [-0.2, 0) is 16.1 Å². The van der Waals surface area contributed by atoms with E-state index in [0.717, 1.165) is 44.8 Å². The van der Waals surface area contributed by atoms with Crippen LogP contribution in [0.25, 0.3) is 0 Å². The number of likely N-dealkylation sites (tertiary alicyclic amines) is 1. The van der Waals surface area contributed by atoms with Gasteiger partial charge in [0.1, 0.15) is 0 Å².